The fourth-order valence-electron chi connectivity index (χ4n) is 1.45. The molecule has 1 nitrogen and oxygen atoms in total. The van der Waals surface area contributed by atoms with Gasteiger partial charge in [-0.05, 0) is 52.1 Å². The van der Waals surface area contributed by atoms with Gasteiger partial charge in [-0.15, -0.1) is 11.3 Å². The number of anilines is 1. The van der Waals surface area contributed by atoms with Crippen LogP contribution in [0.1, 0.15) is 12.5 Å². The molecule has 2 rings (SSSR count). The minimum Gasteiger partial charge on any atom is -0.398 e. The Morgan fingerprint density at radius 1 is 1.54 bits per heavy atom. The molecule has 3 heteroatoms. The molecule has 0 aliphatic carbocycles. The third-order valence-electron chi connectivity index (χ3n) is 2.16. The molecule has 1 heterocycles. The van der Waals surface area contributed by atoms with Gasteiger partial charge in [-0.25, -0.2) is 0 Å². The van der Waals surface area contributed by atoms with Crippen LogP contribution in [-0.4, -0.2) is 0 Å². The number of halogens is 1. The standard InChI is InChI=1S/C10H10INS/c1-2-6-5-8(12)10-7(9(6)11)3-4-13-10/h3-5H,2,12H2,1H3. The molecule has 0 radical (unpaired) electrons. The van der Waals surface area contributed by atoms with Crippen molar-refractivity contribution in [2.24, 2.45) is 0 Å². The second-order valence-corrected chi connectivity index (χ2v) is 4.95. The normalized spacial score (nSPS) is 10.9. The van der Waals surface area contributed by atoms with Crippen molar-refractivity contribution in [2.75, 3.05) is 5.73 Å². The van der Waals surface area contributed by atoms with Crippen molar-refractivity contribution in [1.82, 2.24) is 0 Å². The minimum atomic E-state index is 0.919. The van der Waals surface area contributed by atoms with Crippen LogP contribution >= 0.6 is 33.9 Å². The van der Waals surface area contributed by atoms with Gasteiger partial charge in [0, 0.05) is 14.6 Å². The van der Waals surface area contributed by atoms with Gasteiger partial charge in [0.25, 0.3) is 0 Å². The predicted molar refractivity (Wildman–Crippen MR) is 68.3 cm³/mol. The number of nitrogens with two attached hydrogens (primary N) is 1. The summed E-state index contributed by atoms with van der Waals surface area (Å²) >= 11 is 4.12. The summed E-state index contributed by atoms with van der Waals surface area (Å²) in [6, 6.07) is 4.25. The number of benzene rings is 1. The lowest BCUT2D eigenvalue weighted by Gasteiger charge is -2.05. The predicted octanol–water partition coefficient (Wildman–Crippen LogP) is 3.65. The molecular weight excluding hydrogens is 293 g/mol. The summed E-state index contributed by atoms with van der Waals surface area (Å²) in [5.74, 6) is 0. The van der Waals surface area contributed by atoms with E-state index in [1.807, 2.05) is 0 Å². The van der Waals surface area contributed by atoms with Crippen LogP contribution in [0.15, 0.2) is 17.5 Å². The third-order valence-corrected chi connectivity index (χ3v) is 4.39. The largest absolute Gasteiger partial charge is 0.398 e. The average Bonchev–Trinajstić information content (AvgIpc) is 2.60. The SMILES string of the molecule is CCc1cc(N)c2sccc2c1I. The molecule has 2 N–H and O–H groups in total. The number of nitrogen functional groups attached to an aromatic ring is 1. The van der Waals surface area contributed by atoms with Crippen molar-refractivity contribution in [1.29, 1.82) is 0 Å². The zero-order valence-electron chi connectivity index (χ0n) is 7.30. The van der Waals surface area contributed by atoms with Crippen LogP contribution in [0.3, 0.4) is 0 Å². The minimum absolute atomic E-state index is 0.919. The van der Waals surface area contributed by atoms with E-state index < -0.39 is 0 Å². The molecule has 1 aromatic heterocycles. The summed E-state index contributed by atoms with van der Waals surface area (Å²) in [4.78, 5) is 0. The molecule has 0 spiro atoms. The first kappa shape index (κ1) is 9.27. The van der Waals surface area contributed by atoms with Gasteiger partial charge in [0.1, 0.15) is 0 Å². The fourth-order valence-corrected chi connectivity index (χ4v) is 3.45. The first-order valence-electron chi connectivity index (χ1n) is 4.18. The third kappa shape index (κ3) is 1.44. The van der Waals surface area contributed by atoms with E-state index in [-0.39, 0.29) is 0 Å². The first-order chi connectivity index (χ1) is 6.24. The van der Waals surface area contributed by atoms with Crippen LogP contribution < -0.4 is 5.73 Å². The van der Waals surface area contributed by atoms with Crippen molar-refractivity contribution in [3.63, 3.8) is 0 Å². The Kier molecular flexibility index (Phi) is 2.47. The van der Waals surface area contributed by atoms with E-state index in [4.69, 9.17) is 5.73 Å². The van der Waals surface area contributed by atoms with E-state index in [0.717, 1.165) is 12.1 Å². The molecule has 0 bridgehead atoms. The monoisotopic (exact) mass is 303 g/mol. The van der Waals surface area contributed by atoms with E-state index in [1.54, 1.807) is 11.3 Å². The van der Waals surface area contributed by atoms with Crippen LogP contribution in [0, 0.1) is 3.57 Å². The molecule has 0 atom stereocenters. The number of thiophene rings is 1. The van der Waals surface area contributed by atoms with Gasteiger partial charge in [-0.1, -0.05) is 6.92 Å². The van der Waals surface area contributed by atoms with Crippen molar-refractivity contribution in [3.8, 4) is 0 Å². The van der Waals surface area contributed by atoms with Gasteiger partial charge >= 0.3 is 0 Å². The van der Waals surface area contributed by atoms with Crippen molar-refractivity contribution in [2.45, 2.75) is 13.3 Å². The fraction of sp³-hybridized carbons (Fsp3) is 0.200. The Hall–Kier alpha value is -0.290. The number of hydrogen-bond acceptors (Lipinski definition) is 2. The Balaban J connectivity index is 2.85. The Morgan fingerprint density at radius 3 is 3.00 bits per heavy atom. The summed E-state index contributed by atoms with van der Waals surface area (Å²) in [6.07, 6.45) is 1.05. The van der Waals surface area contributed by atoms with Crippen LogP contribution in [-0.2, 0) is 6.42 Å². The lowest BCUT2D eigenvalue weighted by atomic mass is 10.1. The van der Waals surface area contributed by atoms with Gasteiger partial charge < -0.3 is 5.73 Å². The second kappa shape index (κ2) is 3.46. The number of rotatable bonds is 1. The zero-order valence-corrected chi connectivity index (χ0v) is 10.3. The molecule has 0 saturated carbocycles. The van der Waals surface area contributed by atoms with E-state index in [9.17, 15) is 0 Å². The molecule has 0 aliphatic rings. The van der Waals surface area contributed by atoms with E-state index >= 15 is 0 Å². The molecule has 0 unspecified atom stereocenters. The average molecular weight is 303 g/mol. The Morgan fingerprint density at radius 2 is 2.31 bits per heavy atom. The lowest BCUT2D eigenvalue weighted by molar-refractivity contribution is 1.14. The molecule has 13 heavy (non-hydrogen) atoms. The second-order valence-electron chi connectivity index (χ2n) is 2.96. The van der Waals surface area contributed by atoms with E-state index in [2.05, 4.69) is 47.0 Å². The first-order valence-corrected chi connectivity index (χ1v) is 6.14. The summed E-state index contributed by atoms with van der Waals surface area (Å²) < 4.78 is 2.58. The molecule has 0 aliphatic heterocycles. The Labute approximate surface area is 95.1 Å². The number of fused-ring (bicyclic) bond motifs is 1. The molecule has 0 fully saturated rings. The molecule has 0 amide bonds. The highest BCUT2D eigenvalue weighted by atomic mass is 127. The van der Waals surface area contributed by atoms with Gasteiger partial charge in [0.05, 0.1) is 4.70 Å². The zero-order chi connectivity index (χ0) is 9.42. The molecule has 0 saturated heterocycles. The van der Waals surface area contributed by atoms with E-state index in [0.29, 0.717) is 0 Å². The van der Waals surface area contributed by atoms with E-state index in [1.165, 1.54) is 19.2 Å². The molecule has 2 aromatic rings. The maximum absolute atomic E-state index is 5.95. The summed E-state index contributed by atoms with van der Waals surface area (Å²) in [7, 11) is 0. The lowest BCUT2D eigenvalue weighted by Crippen LogP contribution is -1.92. The highest BCUT2D eigenvalue weighted by Gasteiger charge is 2.07. The van der Waals surface area contributed by atoms with Crippen molar-refractivity contribution in [3.05, 3.63) is 26.6 Å². The summed E-state index contributed by atoms with van der Waals surface area (Å²) in [5, 5.41) is 3.41. The van der Waals surface area contributed by atoms with Gasteiger partial charge in [0.2, 0.25) is 0 Å². The summed E-state index contributed by atoms with van der Waals surface area (Å²) in [5.41, 5.74) is 8.22. The maximum Gasteiger partial charge on any atom is 0.0583 e. The highest BCUT2D eigenvalue weighted by Crippen LogP contribution is 2.33. The van der Waals surface area contributed by atoms with Gasteiger partial charge in [0.15, 0.2) is 0 Å². The van der Waals surface area contributed by atoms with Crippen molar-refractivity contribution < 1.29 is 0 Å². The number of hydrogen-bond donors (Lipinski definition) is 1. The molecule has 68 valence electrons. The van der Waals surface area contributed by atoms with Crippen LogP contribution in [0.5, 0.6) is 0 Å². The van der Waals surface area contributed by atoms with Gasteiger partial charge in [-0.2, -0.15) is 0 Å². The summed E-state index contributed by atoms with van der Waals surface area (Å²) in [6.45, 7) is 2.16. The van der Waals surface area contributed by atoms with Gasteiger partial charge in [-0.3, -0.25) is 0 Å². The number of aryl methyl sites for hydroxylation is 1. The topological polar surface area (TPSA) is 26.0 Å². The molecule has 1 aromatic carbocycles. The molecular formula is C10H10INS. The smallest absolute Gasteiger partial charge is 0.0583 e. The quantitative estimate of drug-likeness (QED) is 0.631. The van der Waals surface area contributed by atoms with Crippen LogP contribution in [0.4, 0.5) is 5.69 Å². The van der Waals surface area contributed by atoms with Crippen molar-refractivity contribution >= 4 is 49.7 Å². The van der Waals surface area contributed by atoms with Crippen LogP contribution in [0.2, 0.25) is 0 Å². The van der Waals surface area contributed by atoms with Crippen LogP contribution in [0.25, 0.3) is 10.1 Å². The highest BCUT2D eigenvalue weighted by molar-refractivity contribution is 14.1. The maximum atomic E-state index is 5.95. The Bertz CT molecular complexity index is 447.